The Balaban J connectivity index is 1.58. The first-order chi connectivity index (χ1) is 14.2. The van der Waals surface area contributed by atoms with Gasteiger partial charge in [-0.2, -0.15) is 0 Å². The normalized spacial score (nSPS) is 14.0. The van der Waals surface area contributed by atoms with Gasteiger partial charge in [-0.3, -0.25) is 4.72 Å². The van der Waals surface area contributed by atoms with Crippen LogP contribution >= 0.6 is 23.5 Å². The molecule has 0 bridgehead atoms. The van der Waals surface area contributed by atoms with Gasteiger partial charge in [-0.1, -0.05) is 35.9 Å². The molecule has 0 amide bonds. The molecule has 0 aliphatic carbocycles. The maximum Gasteiger partial charge on any atom is 0.206 e. The van der Waals surface area contributed by atoms with Crippen LogP contribution in [0.1, 0.15) is 5.56 Å². The molecule has 8 heteroatoms. The van der Waals surface area contributed by atoms with Crippen molar-refractivity contribution in [1.82, 2.24) is 4.72 Å². The molecule has 0 saturated heterocycles. The molecular weight excluding hydrogens is 413 g/mol. The molecule has 0 atom stereocenters. The Morgan fingerprint density at radius 2 is 1.76 bits per heavy atom. The van der Waals surface area contributed by atoms with Crippen LogP contribution in [0.2, 0.25) is 5.02 Å². The van der Waals surface area contributed by atoms with Crippen molar-refractivity contribution < 1.29 is 13.9 Å². The van der Waals surface area contributed by atoms with Crippen LogP contribution in [0.4, 0.5) is 10.1 Å². The molecule has 5 nitrogen and oxygen atoms in total. The number of benzene rings is 3. The summed E-state index contributed by atoms with van der Waals surface area (Å²) in [5.74, 6) is 1.76. The van der Waals surface area contributed by atoms with E-state index in [1.165, 1.54) is 25.1 Å². The van der Waals surface area contributed by atoms with Crippen LogP contribution in [-0.2, 0) is 6.54 Å². The van der Waals surface area contributed by atoms with Gasteiger partial charge >= 0.3 is 0 Å². The van der Waals surface area contributed by atoms with E-state index in [1.54, 1.807) is 24.3 Å². The fraction of sp³-hybridized carbons (Fsp3) is 0.0952. The van der Waals surface area contributed by atoms with Crippen LogP contribution in [0.5, 0.6) is 17.2 Å². The Kier molecular flexibility index (Phi) is 5.78. The minimum atomic E-state index is -0.361. The van der Waals surface area contributed by atoms with E-state index in [2.05, 4.69) is 15.0 Å². The van der Waals surface area contributed by atoms with Gasteiger partial charge in [0.05, 0.1) is 34.8 Å². The maximum absolute atomic E-state index is 14.1. The maximum atomic E-state index is 14.1. The van der Waals surface area contributed by atoms with E-state index < -0.39 is 0 Å². The largest absolute Gasteiger partial charge is 0.496 e. The fourth-order valence-electron chi connectivity index (χ4n) is 2.81. The number of fused-ring (bicyclic) bond motifs is 1. The Morgan fingerprint density at radius 1 is 1.00 bits per heavy atom. The molecular formula is C21H17ClFN3O2S. The quantitative estimate of drug-likeness (QED) is 0.497. The van der Waals surface area contributed by atoms with E-state index in [4.69, 9.17) is 21.1 Å². The number of rotatable bonds is 5. The number of nitrogens with zero attached hydrogens (tertiary/aromatic N) is 1. The summed E-state index contributed by atoms with van der Waals surface area (Å²) in [5, 5.41) is 3.74. The lowest BCUT2D eigenvalue weighted by Crippen LogP contribution is -2.29. The molecule has 3 aromatic carbocycles. The van der Waals surface area contributed by atoms with Gasteiger partial charge in [0.1, 0.15) is 17.3 Å². The van der Waals surface area contributed by atoms with Crippen molar-refractivity contribution >= 4 is 35.2 Å². The number of halogens is 2. The highest BCUT2D eigenvalue weighted by atomic mass is 35.5. The van der Waals surface area contributed by atoms with Gasteiger partial charge < -0.3 is 14.8 Å². The first-order valence-corrected chi connectivity index (χ1v) is 9.96. The molecule has 1 aliphatic heterocycles. The summed E-state index contributed by atoms with van der Waals surface area (Å²) in [5.41, 5.74) is 1.15. The van der Waals surface area contributed by atoms with Gasteiger partial charge in [0, 0.05) is 0 Å². The third-order valence-electron chi connectivity index (χ3n) is 4.24. The Morgan fingerprint density at radius 3 is 2.59 bits per heavy atom. The standard InChI is InChI=1S/C21H17ClFN3O2S/c1-27-16-9-4-7-15(23)13(16)12-24-21-25-20-18(10-5-11-19(20)29-26-21)28-17-8-3-2-6-14(17)22/h2-11H,12H2,1H3,(H2,24,25,26). The van der Waals surface area contributed by atoms with Gasteiger partial charge in [-0.15, -0.1) is 0 Å². The molecule has 0 fully saturated rings. The van der Waals surface area contributed by atoms with Crippen molar-refractivity contribution in [2.75, 3.05) is 12.4 Å². The molecule has 148 valence electrons. The number of guanidine groups is 1. The van der Waals surface area contributed by atoms with Crippen molar-refractivity contribution in [2.45, 2.75) is 11.4 Å². The lowest BCUT2D eigenvalue weighted by atomic mass is 10.2. The molecule has 0 saturated carbocycles. The van der Waals surface area contributed by atoms with Crippen LogP contribution < -0.4 is 19.5 Å². The lowest BCUT2D eigenvalue weighted by Gasteiger charge is -2.23. The summed E-state index contributed by atoms with van der Waals surface area (Å²) in [6.45, 7) is 0.120. The number of aliphatic imine (C=N–C) groups is 1. The third-order valence-corrected chi connectivity index (χ3v) is 5.40. The van der Waals surface area contributed by atoms with Crippen molar-refractivity contribution in [3.63, 3.8) is 0 Å². The Bertz CT molecular complexity index is 1080. The van der Waals surface area contributed by atoms with E-state index in [0.29, 0.717) is 33.8 Å². The molecule has 2 N–H and O–H groups in total. The van der Waals surface area contributed by atoms with Crippen molar-refractivity contribution in [3.05, 3.63) is 77.1 Å². The number of methoxy groups -OCH3 is 1. The zero-order chi connectivity index (χ0) is 20.2. The molecule has 1 aliphatic rings. The first kappa shape index (κ1) is 19.4. The van der Waals surface area contributed by atoms with Crippen molar-refractivity contribution in [2.24, 2.45) is 4.99 Å². The van der Waals surface area contributed by atoms with Crippen molar-refractivity contribution in [3.8, 4) is 17.2 Å². The van der Waals surface area contributed by atoms with Crippen LogP contribution in [0.3, 0.4) is 0 Å². The average Bonchev–Trinajstić information content (AvgIpc) is 2.74. The third kappa shape index (κ3) is 4.26. The van der Waals surface area contributed by atoms with Gasteiger partial charge in [0.25, 0.3) is 0 Å². The van der Waals surface area contributed by atoms with Crippen LogP contribution in [0.25, 0.3) is 0 Å². The molecule has 29 heavy (non-hydrogen) atoms. The Hall–Kier alpha value is -2.90. The summed E-state index contributed by atoms with van der Waals surface area (Å²) in [4.78, 5) is 5.40. The van der Waals surface area contributed by atoms with Crippen LogP contribution in [0.15, 0.2) is 70.6 Å². The second-order valence-corrected chi connectivity index (χ2v) is 7.33. The molecule has 1 heterocycles. The smallest absolute Gasteiger partial charge is 0.206 e. The zero-order valence-corrected chi connectivity index (χ0v) is 17.0. The monoisotopic (exact) mass is 429 g/mol. The number of ether oxygens (including phenoxy) is 2. The summed E-state index contributed by atoms with van der Waals surface area (Å²) in [6, 6.07) is 17.7. The summed E-state index contributed by atoms with van der Waals surface area (Å²) in [6.07, 6.45) is 0. The Labute approximate surface area is 177 Å². The molecule has 0 radical (unpaired) electrons. The topological polar surface area (TPSA) is 54.9 Å². The predicted molar refractivity (Wildman–Crippen MR) is 115 cm³/mol. The molecule has 4 rings (SSSR count). The predicted octanol–water partition coefficient (Wildman–Crippen LogP) is 5.86. The average molecular weight is 430 g/mol. The molecule has 3 aromatic rings. The molecule has 0 spiro atoms. The van der Waals surface area contributed by atoms with Gasteiger partial charge in [-0.25, -0.2) is 9.38 Å². The SMILES string of the molecule is COc1cccc(F)c1CN=C1NSc2cccc(Oc3ccccc3Cl)c2N1. The second-order valence-electron chi connectivity index (χ2n) is 6.08. The summed E-state index contributed by atoms with van der Waals surface area (Å²) < 4.78 is 28.5. The van der Waals surface area contributed by atoms with E-state index in [0.717, 1.165) is 10.6 Å². The number of hydrogen-bond acceptors (Lipinski definition) is 4. The van der Waals surface area contributed by atoms with E-state index in [-0.39, 0.29) is 12.4 Å². The first-order valence-electron chi connectivity index (χ1n) is 8.77. The summed E-state index contributed by atoms with van der Waals surface area (Å²) >= 11 is 7.61. The van der Waals surface area contributed by atoms with E-state index >= 15 is 0 Å². The number of anilines is 1. The minimum absolute atomic E-state index is 0.120. The van der Waals surface area contributed by atoms with E-state index in [1.807, 2.05) is 30.3 Å². The van der Waals surface area contributed by atoms with Crippen molar-refractivity contribution in [1.29, 1.82) is 0 Å². The highest BCUT2D eigenvalue weighted by Crippen LogP contribution is 2.40. The van der Waals surface area contributed by atoms with Crippen LogP contribution in [-0.4, -0.2) is 13.1 Å². The fourth-order valence-corrected chi connectivity index (χ4v) is 3.71. The van der Waals surface area contributed by atoms with Gasteiger partial charge in [-0.05, 0) is 48.3 Å². The molecule has 0 unspecified atom stereocenters. The lowest BCUT2D eigenvalue weighted by molar-refractivity contribution is 0.404. The van der Waals surface area contributed by atoms with Gasteiger partial charge in [0.2, 0.25) is 5.96 Å². The highest BCUT2D eigenvalue weighted by molar-refractivity contribution is 7.98. The van der Waals surface area contributed by atoms with E-state index in [9.17, 15) is 4.39 Å². The second kappa shape index (κ2) is 8.63. The van der Waals surface area contributed by atoms with Gasteiger partial charge in [0.15, 0.2) is 5.75 Å². The molecule has 0 aromatic heterocycles. The minimum Gasteiger partial charge on any atom is -0.496 e. The van der Waals surface area contributed by atoms with Crippen LogP contribution in [0, 0.1) is 5.82 Å². The number of para-hydroxylation sites is 2. The zero-order valence-electron chi connectivity index (χ0n) is 15.4. The summed E-state index contributed by atoms with van der Waals surface area (Å²) in [7, 11) is 1.51. The highest BCUT2D eigenvalue weighted by Gasteiger charge is 2.19. The number of nitrogens with one attached hydrogen (secondary N) is 2. The number of hydrogen-bond donors (Lipinski definition) is 2.